The van der Waals surface area contributed by atoms with E-state index in [0.717, 1.165) is 10.6 Å². The van der Waals surface area contributed by atoms with E-state index in [9.17, 15) is 9.59 Å². The van der Waals surface area contributed by atoms with Gasteiger partial charge in [-0.2, -0.15) is 0 Å². The standard InChI is InChI=1S/C12H15NO4/c1-12(2,11(15)16)13(9-14)17-8-10-6-4-3-5-7-10/h3-7,9H,8H2,1-2H3,(H,15,16). The molecule has 5 heteroatoms. The van der Waals surface area contributed by atoms with E-state index in [1.165, 1.54) is 13.8 Å². The molecule has 5 nitrogen and oxygen atoms in total. The molecule has 0 heterocycles. The van der Waals surface area contributed by atoms with Crippen molar-refractivity contribution in [2.24, 2.45) is 0 Å². The van der Waals surface area contributed by atoms with Crippen LogP contribution in [0.25, 0.3) is 0 Å². The van der Waals surface area contributed by atoms with E-state index in [4.69, 9.17) is 9.94 Å². The fraction of sp³-hybridized carbons (Fsp3) is 0.333. The molecule has 1 N–H and O–H groups in total. The quantitative estimate of drug-likeness (QED) is 0.600. The summed E-state index contributed by atoms with van der Waals surface area (Å²) in [5, 5.41) is 9.77. The molecule has 1 aromatic carbocycles. The smallest absolute Gasteiger partial charge is 0.331 e. The summed E-state index contributed by atoms with van der Waals surface area (Å²) < 4.78 is 0. The number of aliphatic carboxylic acids is 1. The topological polar surface area (TPSA) is 66.8 Å². The van der Waals surface area contributed by atoms with Crippen molar-refractivity contribution >= 4 is 12.4 Å². The van der Waals surface area contributed by atoms with Gasteiger partial charge in [-0.15, -0.1) is 0 Å². The highest BCUT2D eigenvalue weighted by Gasteiger charge is 2.35. The van der Waals surface area contributed by atoms with Crippen LogP contribution in [0.3, 0.4) is 0 Å². The number of carboxylic acids is 1. The van der Waals surface area contributed by atoms with Gasteiger partial charge in [0.2, 0.25) is 6.41 Å². The minimum atomic E-state index is -1.39. The molecule has 0 spiro atoms. The Kier molecular flexibility index (Phi) is 4.23. The molecule has 0 fully saturated rings. The minimum absolute atomic E-state index is 0.149. The normalized spacial score (nSPS) is 10.9. The van der Waals surface area contributed by atoms with Crippen LogP contribution in [0.2, 0.25) is 0 Å². The highest BCUT2D eigenvalue weighted by Crippen LogP contribution is 2.14. The summed E-state index contributed by atoms with van der Waals surface area (Å²) in [4.78, 5) is 27.0. The number of amides is 1. The fourth-order valence-corrected chi connectivity index (χ4v) is 1.14. The van der Waals surface area contributed by atoms with Crippen LogP contribution < -0.4 is 0 Å². The largest absolute Gasteiger partial charge is 0.479 e. The SMILES string of the molecule is CC(C)(C(=O)O)N(C=O)OCc1ccccc1. The number of hydrogen-bond donors (Lipinski definition) is 1. The van der Waals surface area contributed by atoms with Crippen LogP contribution in [-0.4, -0.2) is 28.1 Å². The molecule has 0 bridgehead atoms. The Bertz CT molecular complexity index is 389. The van der Waals surface area contributed by atoms with Crippen molar-refractivity contribution in [2.45, 2.75) is 26.0 Å². The van der Waals surface area contributed by atoms with E-state index in [1.54, 1.807) is 0 Å². The maximum atomic E-state index is 11.0. The third-order valence-electron chi connectivity index (χ3n) is 2.38. The zero-order valence-electron chi connectivity index (χ0n) is 9.79. The van der Waals surface area contributed by atoms with Crippen molar-refractivity contribution < 1.29 is 19.5 Å². The van der Waals surface area contributed by atoms with E-state index < -0.39 is 11.5 Å². The van der Waals surface area contributed by atoms with Crippen molar-refractivity contribution in [3.8, 4) is 0 Å². The van der Waals surface area contributed by atoms with Gasteiger partial charge in [-0.3, -0.25) is 9.63 Å². The molecule has 0 saturated carbocycles. The summed E-state index contributed by atoms with van der Waals surface area (Å²) in [6, 6.07) is 9.20. The summed E-state index contributed by atoms with van der Waals surface area (Å²) in [6.07, 6.45) is 0.372. The Labute approximate surface area is 99.6 Å². The van der Waals surface area contributed by atoms with E-state index in [0.29, 0.717) is 6.41 Å². The van der Waals surface area contributed by atoms with Crippen LogP contribution in [0.5, 0.6) is 0 Å². The Morgan fingerprint density at radius 1 is 1.41 bits per heavy atom. The zero-order valence-corrected chi connectivity index (χ0v) is 9.79. The lowest BCUT2D eigenvalue weighted by Crippen LogP contribution is -2.49. The van der Waals surface area contributed by atoms with E-state index >= 15 is 0 Å². The molecule has 92 valence electrons. The van der Waals surface area contributed by atoms with Gasteiger partial charge in [-0.05, 0) is 19.4 Å². The lowest BCUT2D eigenvalue weighted by atomic mass is 10.1. The van der Waals surface area contributed by atoms with Gasteiger partial charge in [0.15, 0.2) is 5.54 Å². The number of rotatable bonds is 6. The number of carbonyl (C=O) groups excluding carboxylic acids is 1. The highest BCUT2D eigenvalue weighted by molar-refractivity contribution is 5.79. The Morgan fingerprint density at radius 3 is 2.47 bits per heavy atom. The van der Waals surface area contributed by atoms with E-state index in [-0.39, 0.29) is 6.61 Å². The van der Waals surface area contributed by atoms with Crippen molar-refractivity contribution in [1.82, 2.24) is 5.06 Å². The molecule has 0 saturated heterocycles. The van der Waals surface area contributed by atoms with Crippen LogP contribution in [-0.2, 0) is 21.0 Å². The van der Waals surface area contributed by atoms with Crippen LogP contribution >= 0.6 is 0 Å². The van der Waals surface area contributed by atoms with Crippen LogP contribution in [0.4, 0.5) is 0 Å². The lowest BCUT2D eigenvalue weighted by Gasteiger charge is -2.30. The molecule has 0 aliphatic rings. The Hall–Kier alpha value is -1.88. The number of carboxylic acid groups (broad SMARTS) is 1. The molecule has 1 rings (SSSR count). The lowest BCUT2D eigenvalue weighted by molar-refractivity contribution is -0.217. The maximum Gasteiger partial charge on any atom is 0.331 e. The predicted octanol–water partition coefficient (Wildman–Crippen LogP) is 1.44. The highest BCUT2D eigenvalue weighted by atomic mass is 16.7. The third-order valence-corrected chi connectivity index (χ3v) is 2.38. The second-order valence-corrected chi connectivity index (χ2v) is 4.05. The molecule has 1 amide bonds. The molecule has 0 aliphatic carbocycles. The number of hydroxylamine groups is 2. The number of nitrogens with zero attached hydrogens (tertiary/aromatic N) is 1. The van der Waals surface area contributed by atoms with Crippen molar-refractivity contribution in [3.05, 3.63) is 35.9 Å². The van der Waals surface area contributed by atoms with Crippen LogP contribution in [0.15, 0.2) is 30.3 Å². The molecular formula is C12H15NO4. The zero-order chi connectivity index (χ0) is 12.9. The van der Waals surface area contributed by atoms with Gasteiger partial charge in [0, 0.05) is 0 Å². The molecule has 0 atom stereocenters. The molecule has 1 aromatic rings. The maximum absolute atomic E-state index is 11.0. The first kappa shape index (κ1) is 13.2. The number of hydrogen-bond acceptors (Lipinski definition) is 3. The average molecular weight is 237 g/mol. The summed E-state index contributed by atoms with van der Waals surface area (Å²) >= 11 is 0. The third kappa shape index (κ3) is 3.29. The molecule has 0 radical (unpaired) electrons. The molecule has 0 unspecified atom stereocenters. The summed E-state index contributed by atoms with van der Waals surface area (Å²) in [5.41, 5.74) is -0.531. The Balaban J connectivity index is 2.66. The van der Waals surface area contributed by atoms with Gasteiger partial charge in [0.05, 0.1) is 0 Å². The Morgan fingerprint density at radius 2 is 2.00 bits per heavy atom. The monoisotopic (exact) mass is 237 g/mol. The first-order chi connectivity index (χ1) is 7.98. The molecule has 0 aliphatic heterocycles. The summed E-state index contributed by atoms with van der Waals surface area (Å²) in [5.74, 6) is -1.13. The number of carbonyl (C=O) groups is 2. The fourth-order valence-electron chi connectivity index (χ4n) is 1.14. The second-order valence-electron chi connectivity index (χ2n) is 4.05. The van der Waals surface area contributed by atoms with E-state index in [1.807, 2.05) is 30.3 Å². The molecular weight excluding hydrogens is 222 g/mol. The number of benzene rings is 1. The van der Waals surface area contributed by atoms with Gasteiger partial charge in [0.1, 0.15) is 6.61 Å². The van der Waals surface area contributed by atoms with Crippen molar-refractivity contribution in [2.75, 3.05) is 0 Å². The van der Waals surface area contributed by atoms with Crippen LogP contribution in [0, 0.1) is 0 Å². The molecule has 0 aromatic heterocycles. The van der Waals surface area contributed by atoms with Crippen molar-refractivity contribution in [1.29, 1.82) is 0 Å². The van der Waals surface area contributed by atoms with Crippen LogP contribution in [0.1, 0.15) is 19.4 Å². The first-order valence-corrected chi connectivity index (χ1v) is 5.13. The van der Waals surface area contributed by atoms with Gasteiger partial charge in [-0.25, -0.2) is 9.86 Å². The minimum Gasteiger partial charge on any atom is -0.479 e. The van der Waals surface area contributed by atoms with Gasteiger partial charge < -0.3 is 5.11 Å². The van der Waals surface area contributed by atoms with Gasteiger partial charge >= 0.3 is 5.97 Å². The summed E-state index contributed by atoms with van der Waals surface area (Å²) in [7, 11) is 0. The first-order valence-electron chi connectivity index (χ1n) is 5.13. The summed E-state index contributed by atoms with van der Waals surface area (Å²) in [6.45, 7) is 2.94. The molecule has 17 heavy (non-hydrogen) atoms. The second kappa shape index (κ2) is 5.45. The van der Waals surface area contributed by atoms with Crippen molar-refractivity contribution in [3.63, 3.8) is 0 Å². The van der Waals surface area contributed by atoms with Gasteiger partial charge in [-0.1, -0.05) is 30.3 Å². The van der Waals surface area contributed by atoms with Gasteiger partial charge in [0.25, 0.3) is 0 Å². The predicted molar refractivity (Wildman–Crippen MR) is 60.8 cm³/mol. The average Bonchev–Trinajstić information content (AvgIpc) is 2.30. The van der Waals surface area contributed by atoms with E-state index in [2.05, 4.69) is 0 Å².